The van der Waals surface area contributed by atoms with Crippen molar-refractivity contribution in [3.05, 3.63) is 29.6 Å². The lowest BCUT2D eigenvalue weighted by atomic mass is 10.0. The van der Waals surface area contributed by atoms with Gasteiger partial charge in [0.2, 0.25) is 0 Å². The number of fused-ring (bicyclic) bond motifs is 1. The number of hydrogen-bond donors (Lipinski definition) is 1. The number of rotatable bonds is 3. The van der Waals surface area contributed by atoms with Crippen molar-refractivity contribution in [1.29, 1.82) is 0 Å². The van der Waals surface area contributed by atoms with Crippen molar-refractivity contribution in [2.45, 2.75) is 52.3 Å². The summed E-state index contributed by atoms with van der Waals surface area (Å²) in [6, 6.07) is 6.23. The van der Waals surface area contributed by atoms with Gasteiger partial charge in [0.25, 0.3) is 0 Å². The molecule has 0 unspecified atom stereocenters. The number of imidazole rings is 1. The van der Waals surface area contributed by atoms with Crippen LogP contribution in [-0.4, -0.2) is 16.7 Å². The summed E-state index contributed by atoms with van der Waals surface area (Å²) in [6.07, 6.45) is 0. The van der Waals surface area contributed by atoms with E-state index >= 15 is 0 Å². The Balaban J connectivity index is 2.80. The Kier molecular flexibility index (Phi) is 3.65. The van der Waals surface area contributed by atoms with Gasteiger partial charge in [0.05, 0.1) is 11.0 Å². The van der Waals surface area contributed by atoms with Crippen LogP contribution in [0.1, 0.15) is 46.0 Å². The summed E-state index contributed by atoms with van der Waals surface area (Å²) in [5.41, 5.74) is 8.41. The maximum absolute atomic E-state index is 5.72. The summed E-state index contributed by atoms with van der Waals surface area (Å²) in [5.74, 6) is 0.941. The molecule has 0 aliphatic heterocycles. The summed E-state index contributed by atoms with van der Waals surface area (Å²) in [5, 5.41) is 0. The SMILES string of the molecule is COC(C)(C)c1nc2cc(CN)ccc2n1C(C)(C)C. The Hall–Kier alpha value is -1.39. The first-order valence-electron chi connectivity index (χ1n) is 6.98. The molecule has 0 atom stereocenters. The third-order valence-corrected chi connectivity index (χ3v) is 3.67. The highest BCUT2D eigenvalue weighted by molar-refractivity contribution is 5.77. The molecule has 110 valence electrons. The summed E-state index contributed by atoms with van der Waals surface area (Å²) in [7, 11) is 1.72. The Morgan fingerprint density at radius 3 is 2.35 bits per heavy atom. The average Bonchev–Trinajstić information content (AvgIpc) is 2.77. The van der Waals surface area contributed by atoms with Crippen LogP contribution in [0.3, 0.4) is 0 Å². The van der Waals surface area contributed by atoms with Gasteiger partial charge in [-0.15, -0.1) is 0 Å². The normalized spacial score (nSPS) is 13.2. The van der Waals surface area contributed by atoms with Gasteiger partial charge in [-0.25, -0.2) is 4.98 Å². The third-order valence-electron chi connectivity index (χ3n) is 3.67. The molecule has 0 aliphatic rings. The maximum Gasteiger partial charge on any atom is 0.142 e. The third kappa shape index (κ3) is 2.45. The molecule has 4 heteroatoms. The smallest absolute Gasteiger partial charge is 0.142 e. The number of benzene rings is 1. The van der Waals surface area contributed by atoms with E-state index in [2.05, 4.69) is 43.5 Å². The fourth-order valence-corrected chi connectivity index (χ4v) is 2.43. The zero-order valence-corrected chi connectivity index (χ0v) is 13.3. The van der Waals surface area contributed by atoms with E-state index < -0.39 is 5.60 Å². The molecule has 1 aromatic heterocycles. The van der Waals surface area contributed by atoms with Crippen LogP contribution >= 0.6 is 0 Å². The van der Waals surface area contributed by atoms with E-state index in [1.807, 2.05) is 13.8 Å². The van der Waals surface area contributed by atoms with Crippen molar-refractivity contribution >= 4 is 11.0 Å². The fourth-order valence-electron chi connectivity index (χ4n) is 2.43. The molecular formula is C16H25N3O. The van der Waals surface area contributed by atoms with Gasteiger partial charge in [-0.3, -0.25) is 0 Å². The first kappa shape index (κ1) is 15.0. The number of nitrogens with two attached hydrogens (primary N) is 1. The molecule has 0 amide bonds. The number of hydrogen-bond acceptors (Lipinski definition) is 3. The predicted octanol–water partition coefficient (Wildman–Crippen LogP) is 3.13. The van der Waals surface area contributed by atoms with E-state index in [4.69, 9.17) is 15.5 Å². The molecule has 0 aliphatic carbocycles. The quantitative estimate of drug-likeness (QED) is 0.936. The molecule has 0 radical (unpaired) electrons. The minimum atomic E-state index is -0.435. The van der Waals surface area contributed by atoms with E-state index in [0.717, 1.165) is 22.4 Å². The van der Waals surface area contributed by atoms with E-state index in [1.165, 1.54) is 0 Å². The molecule has 0 saturated heterocycles. The second-order valence-corrected chi connectivity index (χ2v) is 6.68. The minimum absolute atomic E-state index is 0.0654. The minimum Gasteiger partial charge on any atom is -0.371 e. The van der Waals surface area contributed by atoms with E-state index in [9.17, 15) is 0 Å². The zero-order chi connectivity index (χ0) is 15.1. The van der Waals surface area contributed by atoms with Gasteiger partial charge < -0.3 is 15.0 Å². The maximum atomic E-state index is 5.72. The molecule has 0 fully saturated rings. The van der Waals surface area contributed by atoms with Crippen LogP contribution in [-0.2, 0) is 22.4 Å². The second kappa shape index (κ2) is 4.86. The van der Waals surface area contributed by atoms with Crippen LogP contribution in [0.2, 0.25) is 0 Å². The monoisotopic (exact) mass is 275 g/mol. The molecule has 4 nitrogen and oxygen atoms in total. The van der Waals surface area contributed by atoms with Gasteiger partial charge in [-0.05, 0) is 52.3 Å². The average molecular weight is 275 g/mol. The standard InChI is InChI=1S/C16H25N3O/c1-15(2,3)19-13-8-7-11(10-17)9-12(13)18-14(19)16(4,5)20-6/h7-9H,10,17H2,1-6H3. The molecule has 2 aromatic rings. The van der Waals surface area contributed by atoms with Crippen molar-refractivity contribution in [3.63, 3.8) is 0 Å². The Morgan fingerprint density at radius 1 is 1.20 bits per heavy atom. The highest BCUT2D eigenvalue weighted by Crippen LogP contribution is 2.32. The number of methoxy groups -OCH3 is 1. The van der Waals surface area contributed by atoms with Crippen molar-refractivity contribution in [2.24, 2.45) is 5.73 Å². The largest absolute Gasteiger partial charge is 0.371 e. The van der Waals surface area contributed by atoms with E-state index in [0.29, 0.717) is 6.54 Å². The molecule has 1 heterocycles. The van der Waals surface area contributed by atoms with E-state index in [1.54, 1.807) is 7.11 Å². The van der Waals surface area contributed by atoms with Gasteiger partial charge >= 0.3 is 0 Å². The van der Waals surface area contributed by atoms with Crippen molar-refractivity contribution in [2.75, 3.05) is 7.11 Å². The summed E-state index contributed by atoms with van der Waals surface area (Å²) in [4.78, 5) is 4.81. The highest BCUT2D eigenvalue weighted by Gasteiger charge is 2.31. The molecule has 0 bridgehead atoms. The van der Waals surface area contributed by atoms with Crippen LogP contribution in [0.4, 0.5) is 0 Å². The van der Waals surface area contributed by atoms with Crippen LogP contribution in [0, 0.1) is 0 Å². The summed E-state index contributed by atoms with van der Waals surface area (Å²) in [6.45, 7) is 11.2. The molecular weight excluding hydrogens is 250 g/mol. The first-order valence-corrected chi connectivity index (χ1v) is 6.98. The lowest BCUT2D eigenvalue weighted by Gasteiger charge is -2.30. The van der Waals surface area contributed by atoms with Gasteiger partial charge in [0, 0.05) is 19.2 Å². The summed E-state index contributed by atoms with van der Waals surface area (Å²) < 4.78 is 7.89. The van der Waals surface area contributed by atoms with Crippen LogP contribution < -0.4 is 5.73 Å². The van der Waals surface area contributed by atoms with Crippen LogP contribution in [0.5, 0.6) is 0 Å². The molecule has 0 spiro atoms. The fraction of sp³-hybridized carbons (Fsp3) is 0.562. The van der Waals surface area contributed by atoms with Crippen LogP contribution in [0.15, 0.2) is 18.2 Å². The molecule has 20 heavy (non-hydrogen) atoms. The number of aromatic nitrogens is 2. The van der Waals surface area contributed by atoms with Crippen molar-refractivity contribution in [1.82, 2.24) is 9.55 Å². The predicted molar refractivity (Wildman–Crippen MR) is 82.7 cm³/mol. The highest BCUT2D eigenvalue weighted by atomic mass is 16.5. The summed E-state index contributed by atoms with van der Waals surface area (Å²) >= 11 is 0. The first-order chi connectivity index (χ1) is 9.20. The number of nitrogens with zero attached hydrogens (tertiary/aromatic N) is 2. The Morgan fingerprint density at radius 2 is 1.85 bits per heavy atom. The van der Waals surface area contributed by atoms with E-state index in [-0.39, 0.29) is 5.54 Å². The molecule has 2 rings (SSSR count). The van der Waals surface area contributed by atoms with Crippen LogP contribution in [0.25, 0.3) is 11.0 Å². The van der Waals surface area contributed by atoms with Gasteiger partial charge in [-0.1, -0.05) is 6.07 Å². The molecule has 1 aromatic carbocycles. The Labute approximate surface area is 120 Å². The lowest BCUT2D eigenvalue weighted by Crippen LogP contribution is -2.32. The number of ether oxygens (including phenoxy) is 1. The van der Waals surface area contributed by atoms with Crippen molar-refractivity contribution < 1.29 is 4.74 Å². The van der Waals surface area contributed by atoms with Gasteiger partial charge in [0.1, 0.15) is 11.4 Å². The second-order valence-electron chi connectivity index (χ2n) is 6.68. The topological polar surface area (TPSA) is 53.1 Å². The lowest BCUT2D eigenvalue weighted by molar-refractivity contribution is 0.00614. The molecule has 2 N–H and O–H groups in total. The Bertz CT molecular complexity index is 620. The van der Waals surface area contributed by atoms with Gasteiger partial charge in [0.15, 0.2) is 0 Å². The van der Waals surface area contributed by atoms with Crippen molar-refractivity contribution in [3.8, 4) is 0 Å². The molecule has 0 saturated carbocycles. The van der Waals surface area contributed by atoms with Gasteiger partial charge in [-0.2, -0.15) is 0 Å². The zero-order valence-electron chi connectivity index (χ0n) is 13.3.